The summed E-state index contributed by atoms with van der Waals surface area (Å²) in [6, 6.07) is 0.774. The van der Waals surface area contributed by atoms with Crippen LogP contribution in [0.4, 0.5) is 0 Å². The minimum absolute atomic E-state index is 0. The molecular weight excluding hydrogens is 285 g/mol. The van der Waals surface area contributed by atoms with E-state index in [9.17, 15) is 0 Å². The number of morpholine rings is 1. The van der Waals surface area contributed by atoms with Crippen LogP contribution in [0.15, 0.2) is 0 Å². The number of nitrogens with zero attached hydrogens (tertiary/aromatic N) is 2. The molecule has 0 radical (unpaired) electrons. The van der Waals surface area contributed by atoms with E-state index in [1.165, 1.54) is 45.6 Å². The van der Waals surface area contributed by atoms with Crippen molar-refractivity contribution in [3.8, 4) is 0 Å². The lowest BCUT2D eigenvalue weighted by atomic mass is 10.2. The predicted octanol–water partition coefficient (Wildman–Crippen LogP) is 1.24. The number of rotatable bonds is 6. The van der Waals surface area contributed by atoms with Crippen LogP contribution in [0.1, 0.15) is 19.8 Å². The molecule has 6 heteroatoms. The van der Waals surface area contributed by atoms with Gasteiger partial charge >= 0.3 is 0 Å². The van der Waals surface area contributed by atoms with Crippen molar-refractivity contribution in [2.24, 2.45) is 0 Å². The van der Waals surface area contributed by atoms with E-state index in [4.69, 9.17) is 4.74 Å². The molecule has 1 atom stereocenters. The summed E-state index contributed by atoms with van der Waals surface area (Å²) >= 11 is 0. The Morgan fingerprint density at radius 2 is 1.95 bits per heavy atom. The lowest BCUT2D eigenvalue weighted by molar-refractivity contribution is 0.0312. The fraction of sp³-hybridized carbons (Fsp3) is 1.00. The molecule has 2 rings (SSSR count). The quantitative estimate of drug-likeness (QED) is 0.798. The van der Waals surface area contributed by atoms with Crippen LogP contribution in [0.25, 0.3) is 0 Å². The Labute approximate surface area is 130 Å². The van der Waals surface area contributed by atoms with Gasteiger partial charge in [-0.3, -0.25) is 9.80 Å². The fourth-order valence-corrected chi connectivity index (χ4v) is 2.81. The number of nitrogens with one attached hydrogen (secondary N) is 1. The Hall–Kier alpha value is 0.420. The molecule has 116 valence electrons. The molecule has 0 aromatic heterocycles. The highest BCUT2D eigenvalue weighted by Crippen LogP contribution is 2.09. The predicted molar refractivity (Wildman–Crippen MR) is 84.9 cm³/mol. The van der Waals surface area contributed by atoms with E-state index in [-0.39, 0.29) is 24.8 Å². The van der Waals surface area contributed by atoms with Gasteiger partial charge in [0.05, 0.1) is 13.2 Å². The normalized spacial score (nSPS) is 24.0. The van der Waals surface area contributed by atoms with E-state index in [2.05, 4.69) is 22.0 Å². The van der Waals surface area contributed by atoms with Crippen LogP contribution in [0.3, 0.4) is 0 Å². The second kappa shape index (κ2) is 11.1. The first-order chi connectivity index (χ1) is 8.40. The van der Waals surface area contributed by atoms with Gasteiger partial charge < -0.3 is 10.1 Å². The molecule has 19 heavy (non-hydrogen) atoms. The fourth-order valence-electron chi connectivity index (χ4n) is 2.81. The zero-order valence-corrected chi connectivity index (χ0v) is 13.6. The first-order valence-electron chi connectivity index (χ1n) is 7.15. The van der Waals surface area contributed by atoms with Gasteiger partial charge in [-0.25, -0.2) is 0 Å². The van der Waals surface area contributed by atoms with Gasteiger partial charge in [-0.1, -0.05) is 6.92 Å². The Bertz CT molecular complexity index is 210. The third-order valence-electron chi connectivity index (χ3n) is 3.87. The van der Waals surface area contributed by atoms with E-state index in [0.29, 0.717) is 0 Å². The van der Waals surface area contributed by atoms with Crippen LogP contribution in [0.2, 0.25) is 0 Å². The number of ether oxygens (including phenoxy) is 1. The van der Waals surface area contributed by atoms with Gasteiger partial charge in [0, 0.05) is 38.8 Å². The minimum atomic E-state index is 0. The van der Waals surface area contributed by atoms with Gasteiger partial charge in [0.1, 0.15) is 0 Å². The summed E-state index contributed by atoms with van der Waals surface area (Å²) < 4.78 is 5.39. The van der Waals surface area contributed by atoms with Crippen LogP contribution >= 0.6 is 24.8 Å². The summed E-state index contributed by atoms with van der Waals surface area (Å²) in [6.45, 7) is 12.4. The Morgan fingerprint density at radius 1 is 1.21 bits per heavy atom. The molecule has 2 saturated heterocycles. The molecule has 0 aromatic carbocycles. The Kier molecular flexibility index (Phi) is 11.4. The molecule has 2 aliphatic rings. The Morgan fingerprint density at radius 3 is 2.53 bits per heavy atom. The summed E-state index contributed by atoms with van der Waals surface area (Å²) in [6.07, 6.45) is 2.59. The second-order valence-corrected chi connectivity index (χ2v) is 5.14. The molecular formula is C13H29Cl2N3O. The van der Waals surface area contributed by atoms with Crippen molar-refractivity contribution in [1.82, 2.24) is 15.1 Å². The summed E-state index contributed by atoms with van der Waals surface area (Å²) in [5, 5.41) is 3.47. The maximum absolute atomic E-state index is 5.39. The monoisotopic (exact) mass is 313 g/mol. The van der Waals surface area contributed by atoms with Gasteiger partial charge in [-0.05, 0) is 25.9 Å². The largest absolute Gasteiger partial charge is 0.379 e. The van der Waals surface area contributed by atoms with Crippen molar-refractivity contribution in [2.75, 3.05) is 59.0 Å². The van der Waals surface area contributed by atoms with Crippen molar-refractivity contribution in [1.29, 1.82) is 0 Å². The lowest BCUT2D eigenvalue weighted by Crippen LogP contribution is -2.45. The molecule has 0 bridgehead atoms. The van der Waals surface area contributed by atoms with E-state index < -0.39 is 0 Å². The van der Waals surface area contributed by atoms with E-state index >= 15 is 0 Å². The van der Waals surface area contributed by atoms with Gasteiger partial charge in [0.2, 0.25) is 0 Å². The standard InChI is InChI=1S/C13H27N3O.2ClH/c1-2-5-16(13-3-4-14-12-13)7-6-15-8-10-17-11-9-15;;/h13-14H,2-12H2,1H3;2*1H. The maximum Gasteiger partial charge on any atom is 0.0594 e. The molecule has 0 saturated carbocycles. The highest BCUT2D eigenvalue weighted by Gasteiger charge is 2.22. The average molecular weight is 314 g/mol. The van der Waals surface area contributed by atoms with Crippen LogP contribution in [-0.2, 0) is 4.74 Å². The van der Waals surface area contributed by atoms with E-state index in [0.717, 1.165) is 32.3 Å². The summed E-state index contributed by atoms with van der Waals surface area (Å²) in [5.41, 5.74) is 0. The minimum Gasteiger partial charge on any atom is -0.379 e. The van der Waals surface area contributed by atoms with Crippen LogP contribution in [-0.4, -0.2) is 74.9 Å². The summed E-state index contributed by atoms with van der Waals surface area (Å²) in [4.78, 5) is 5.21. The van der Waals surface area contributed by atoms with Crippen molar-refractivity contribution in [3.05, 3.63) is 0 Å². The first-order valence-corrected chi connectivity index (χ1v) is 7.15. The SMILES string of the molecule is CCCN(CCN1CCOCC1)C1CCNC1.Cl.Cl. The molecule has 4 nitrogen and oxygen atoms in total. The van der Waals surface area contributed by atoms with Crippen molar-refractivity contribution in [3.63, 3.8) is 0 Å². The van der Waals surface area contributed by atoms with Crippen molar-refractivity contribution in [2.45, 2.75) is 25.8 Å². The first kappa shape index (κ1) is 19.4. The van der Waals surface area contributed by atoms with Gasteiger partial charge in [-0.2, -0.15) is 0 Å². The third kappa shape index (κ3) is 6.61. The van der Waals surface area contributed by atoms with Crippen LogP contribution in [0.5, 0.6) is 0 Å². The zero-order chi connectivity index (χ0) is 11.9. The number of hydrogen-bond acceptors (Lipinski definition) is 4. The van der Waals surface area contributed by atoms with Gasteiger partial charge in [-0.15, -0.1) is 24.8 Å². The smallest absolute Gasteiger partial charge is 0.0594 e. The highest BCUT2D eigenvalue weighted by atomic mass is 35.5. The van der Waals surface area contributed by atoms with Crippen molar-refractivity contribution < 1.29 is 4.74 Å². The zero-order valence-electron chi connectivity index (χ0n) is 12.0. The third-order valence-corrected chi connectivity index (χ3v) is 3.87. The van der Waals surface area contributed by atoms with E-state index in [1.807, 2.05) is 0 Å². The Balaban J connectivity index is 0.00000162. The molecule has 0 aromatic rings. The second-order valence-electron chi connectivity index (χ2n) is 5.14. The summed E-state index contributed by atoms with van der Waals surface area (Å²) in [7, 11) is 0. The van der Waals surface area contributed by atoms with E-state index in [1.54, 1.807) is 0 Å². The topological polar surface area (TPSA) is 27.7 Å². The molecule has 1 N–H and O–H groups in total. The van der Waals surface area contributed by atoms with Gasteiger partial charge in [0.15, 0.2) is 0 Å². The maximum atomic E-state index is 5.39. The molecule has 2 fully saturated rings. The summed E-state index contributed by atoms with van der Waals surface area (Å²) in [5.74, 6) is 0. The lowest BCUT2D eigenvalue weighted by Gasteiger charge is -2.32. The van der Waals surface area contributed by atoms with Gasteiger partial charge in [0.25, 0.3) is 0 Å². The highest BCUT2D eigenvalue weighted by molar-refractivity contribution is 5.85. The average Bonchev–Trinajstić information content (AvgIpc) is 2.89. The van der Waals surface area contributed by atoms with Crippen molar-refractivity contribution >= 4 is 24.8 Å². The molecule has 2 heterocycles. The molecule has 1 unspecified atom stereocenters. The molecule has 0 amide bonds. The van der Waals surface area contributed by atoms with Crippen LogP contribution in [0, 0.1) is 0 Å². The number of hydrogen-bond donors (Lipinski definition) is 1. The molecule has 2 aliphatic heterocycles. The van der Waals surface area contributed by atoms with Crippen LogP contribution < -0.4 is 5.32 Å². The molecule has 0 aliphatic carbocycles. The number of halogens is 2. The molecule has 0 spiro atoms.